The van der Waals surface area contributed by atoms with Gasteiger partial charge in [-0.05, 0) is 146 Å². The van der Waals surface area contributed by atoms with Crippen LogP contribution in [0.15, 0.2) is 182 Å². The Balaban J connectivity index is 1.18. The molecule has 0 spiro atoms. The summed E-state index contributed by atoms with van der Waals surface area (Å²) in [5.41, 5.74) is 20.9. The summed E-state index contributed by atoms with van der Waals surface area (Å²) in [5, 5.41) is 4.93. The normalized spacial score (nSPS) is 11.7. The fourth-order valence-electron chi connectivity index (χ4n) is 10.8. The van der Waals surface area contributed by atoms with Gasteiger partial charge in [-0.15, -0.1) is 11.3 Å². The number of fused-ring (bicyclic) bond motifs is 6. The van der Waals surface area contributed by atoms with Gasteiger partial charge in [0.15, 0.2) is 17.5 Å². The Hall–Kier alpha value is -7.99. The maximum absolute atomic E-state index is 5.29. The van der Waals surface area contributed by atoms with Crippen molar-refractivity contribution in [2.45, 2.75) is 41.5 Å². The molecule has 326 valence electrons. The second-order valence-electron chi connectivity index (χ2n) is 18.5. The van der Waals surface area contributed by atoms with Crippen molar-refractivity contribution in [3.05, 3.63) is 215 Å². The molecule has 3 heterocycles. The first kappa shape index (κ1) is 41.4. The average molecular weight is 893 g/mol. The summed E-state index contributed by atoms with van der Waals surface area (Å²) in [7, 11) is 0. The van der Waals surface area contributed by atoms with Gasteiger partial charge in [0, 0.05) is 53.3 Å². The van der Waals surface area contributed by atoms with Crippen LogP contribution in [0, 0.1) is 41.5 Å². The number of thiophene rings is 1. The smallest absolute Gasteiger partial charge is 0.164 e. The first-order chi connectivity index (χ1) is 33.1. The van der Waals surface area contributed by atoms with Crippen LogP contribution in [-0.2, 0) is 0 Å². The molecule has 12 rings (SSSR count). The minimum absolute atomic E-state index is 0.613. The predicted octanol–water partition coefficient (Wildman–Crippen LogP) is 17.2. The van der Waals surface area contributed by atoms with Gasteiger partial charge in [0.2, 0.25) is 0 Å². The lowest BCUT2D eigenvalue weighted by Crippen LogP contribution is -2.02. The molecule has 0 aliphatic rings. The van der Waals surface area contributed by atoms with E-state index in [4.69, 9.17) is 15.0 Å². The van der Waals surface area contributed by atoms with Crippen LogP contribution in [0.2, 0.25) is 0 Å². The Bertz CT molecular complexity index is 3750. The summed E-state index contributed by atoms with van der Waals surface area (Å²) in [6.45, 7) is 13.3. The third-order valence-corrected chi connectivity index (χ3v) is 14.7. The van der Waals surface area contributed by atoms with Crippen molar-refractivity contribution in [3.63, 3.8) is 0 Å². The molecule has 0 radical (unpaired) electrons. The lowest BCUT2D eigenvalue weighted by molar-refractivity contribution is 1.07. The number of aromatic nitrogens is 4. The quantitative estimate of drug-likeness (QED) is 0.160. The van der Waals surface area contributed by atoms with Gasteiger partial charge in [-0.1, -0.05) is 145 Å². The molecule has 0 aliphatic heterocycles. The molecule has 9 aromatic carbocycles. The van der Waals surface area contributed by atoms with Crippen LogP contribution in [0.4, 0.5) is 0 Å². The summed E-state index contributed by atoms with van der Waals surface area (Å²) >= 11 is 1.84. The molecular formula is C63H48N4S. The van der Waals surface area contributed by atoms with Gasteiger partial charge in [-0.2, -0.15) is 0 Å². The number of nitrogens with zero attached hydrogens (tertiary/aromatic N) is 4. The van der Waals surface area contributed by atoms with Crippen molar-refractivity contribution in [2.75, 3.05) is 0 Å². The highest BCUT2D eigenvalue weighted by Gasteiger charge is 2.21. The Morgan fingerprint density at radius 3 is 1.32 bits per heavy atom. The minimum Gasteiger partial charge on any atom is -0.309 e. The van der Waals surface area contributed by atoms with Crippen molar-refractivity contribution in [2.24, 2.45) is 0 Å². The fraction of sp³-hybridized carbons (Fsp3) is 0.0952. The number of aryl methyl sites for hydroxylation is 6. The van der Waals surface area contributed by atoms with Crippen molar-refractivity contribution in [3.8, 4) is 73.2 Å². The molecule has 0 aliphatic carbocycles. The Labute approximate surface area is 400 Å². The van der Waals surface area contributed by atoms with Gasteiger partial charge < -0.3 is 4.57 Å². The van der Waals surface area contributed by atoms with E-state index < -0.39 is 0 Å². The van der Waals surface area contributed by atoms with Crippen molar-refractivity contribution < 1.29 is 0 Å². The maximum Gasteiger partial charge on any atom is 0.164 e. The molecule has 12 aromatic rings. The average Bonchev–Trinajstić information content (AvgIpc) is 3.88. The lowest BCUT2D eigenvalue weighted by atomic mass is 9.92. The van der Waals surface area contributed by atoms with Crippen LogP contribution in [-0.4, -0.2) is 19.5 Å². The van der Waals surface area contributed by atoms with E-state index in [9.17, 15) is 0 Å². The summed E-state index contributed by atoms with van der Waals surface area (Å²) < 4.78 is 5.05. The summed E-state index contributed by atoms with van der Waals surface area (Å²) in [5.74, 6) is 1.87. The minimum atomic E-state index is 0.613. The third-order valence-electron chi connectivity index (χ3n) is 13.5. The molecule has 68 heavy (non-hydrogen) atoms. The molecule has 0 fully saturated rings. The second-order valence-corrected chi connectivity index (χ2v) is 19.5. The second kappa shape index (κ2) is 16.4. The van der Waals surface area contributed by atoms with E-state index in [-0.39, 0.29) is 0 Å². The Kier molecular flexibility index (Phi) is 10.00. The van der Waals surface area contributed by atoms with Crippen LogP contribution >= 0.6 is 11.3 Å². The molecule has 0 amide bonds. The van der Waals surface area contributed by atoms with Crippen molar-refractivity contribution in [1.82, 2.24) is 19.5 Å². The standard InChI is InChI=1S/C63H48N4S/c1-37-27-39(3)59(40(4)28-37)46-21-24-51-52-25-22-47(60-41(5)29-38(2)30-42(60)6)36-56(52)67(55(51)35-46)50-32-48(45-23-26-58-54(34-45)53-19-13-14-20-57(53)68-58)31-49(33-50)63-65-61(43-15-9-7-10-16-43)64-62(66-63)44-17-11-8-12-18-44/h7-36H,1-6H3. The van der Waals surface area contributed by atoms with Crippen LogP contribution in [0.25, 0.3) is 115 Å². The van der Waals surface area contributed by atoms with E-state index in [0.29, 0.717) is 17.5 Å². The van der Waals surface area contributed by atoms with Crippen LogP contribution < -0.4 is 0 Å². The van der Waals surface area contributed by atoms with Crippen LogP contribution in [0.5, 0.6) is 0 Å². The fourth-order valence-corrected chi connectivity index (χ4v) is 11.8. The molecule has 0 saturated heterocycles. The van der Waals surface area contributed by atoms with Gasteiger partial charge in [0.1, 0.15) is 0 Å². The molecule has 4 nitrogen and oxygen atoms in total. The highest BCUT2D eigenvalue weighted by Crippen LogP contribution is 2.42. The SMILES string of the molecule is Cc1cc(C)c(-c2ccc3c4ccc(-c5c(C)cc(C)cc5C)cc4n(-c4cc(-c5ccc6sc7ccccc7c6c5)cc(-c5nc(-c6ccccc6)nc(-c6ccccc6)n5)c4)c3c2)c(C)c1. The molecule has 0 unspecified atom stereocenters. The van der Waals surface area contributed by atoms with E-state index in [0.717, 1.165) is 44.5 Å². The Morgan fingerprint density at radius 1 is 0.324 bits per heavy atom. The highest BCUT2D eigenvalue weighted by molar-refractivity contribution is 7.25. The molecular weight excluding hydrogens is 845 g/mol. The maximum atomic E-state index is 5.29. The summed E-state index contributed by atoms with van der Waals surface area (Å²) in [6, 6.07) is 66.3. The summed E-state index contributed by atoms with van der Waals surface area (Å²) in [6.07, 6.45) is 0. The van der Waals surface area contributed by atoms with Crippen LogP contribution in [0.1, 0.15) is 33.4 Å². The van der Waals surface area contributed by atoms with Gasteiger partial charge >= 0.3 is 0 Å². The summed E-state index contributed by atoms with van der Waals surface area (Å²) in [4.78, 5) is 15.7. The first-order valence-electron chi connectivity index (χ1n) is 23.3. The van der Waals surface area contributed by atoms with E-state index in [2.05, 4.69) is 192 Å². The monoisotopic (exact) mass is 892 g/mol. The number of hydrogen-bond donors (Lipinski definition) is 0. The molecule has 5 heteroatoms. The largest absolute Gasteiger partial charge is 0.309 e. The number of rotatable bonds is 7. The zero-order valence-electron chi connectivity index (χ0n) is 39.0. The van der Waals surface area contributed by atoms with Gasteiger partial charge in [-0.25, -0.2) is 15.0 Å². The molecule has 0 atom stereocenters. The highest BCUT2D eigenvalue weighted by atomic mass is 32.1. The molecule has 0 bridgehead atoms. The zero-order valence-corrected chi connectivity index (χ0v) is 39.8. The van der Waals surface area contributed by atoms with E-state index in [1.54, 1.807) is 0 Å². The third kappa shape index (κ3) is 7.18. The molecule has 3 aromatic heterocycles. The van der Waals surface area contributed by atoms with Crippen molar-refractivity contribution in [1.29, 1.82) is 0 Å². The Morgan fingerprint density at radius 2 is 0.779 bits per heavy atom. The molecule has 0 saturated carbocycles. The van der Waals surface area contributed by atoms with Gasteiger partial charge in [-0.3, -0.25) is 0 Å². The zero-order chi connectivity index (χ0) is 46.2. The van der Waals surface area contributed by atoms with Crippen LogP contribution in [0.3, 0.4) is 0 Å². The number of hydrogen-bond acceptors (Lipinski definition) is 4. The van der Waals surface area contributed by atoms with Crippen molar-refractivity contribution >= 4 is 53.3 Å². The topological polar surface area (TPSA) is 43.6 Å². The predicted molar refractivity (Wildman–Crippen MR) is 288 cm³/mol. The van der Waals surface area contributed by atoms with Gasteiger partial charge in [0.05, 0.1) is 11.0 Å². The van der Waals surface area contributed by atoms with Gasteiger partial charge in [0.25, 0.3) is 0 Å². The van der Waals surface area contributed by atoms with E-state index in [1.165, 1.54) is 86.6 Å². The van der Waals surface area contributed by atoms with E-state index >= 15 is 0 Å². The lowest BCUT2D eigenvalue weighted by Gasteiger charge is -2.16. The van der Waals surface area contributed by atoms with E-state index in [1.807, 2.05) is 47.7 Å². The number of benzene rings is 9. The first-order valence-corrected chi connectivity index (χ1v) is 24.1. The molecule has 0 N–H and O–H groups in total.